The Morgan fingerprint density at radius 2 is 2.33 bits per heavy atom. The third kappa shape index (κ3) is 3.42. The SMILES string of the molecule is CNC(=O)N(/C=C(/Cl)C=O)C1OC(CO)CC1O. The van der Waals surface area contributed by atoms with E-state index in [4.69, 9.17) is 21.4 Å². The van der Waals surface area contributed by atoms with Crippen LogP contribution in [0.25, 0.3) is 0 Å². The van der Waals surface area contributed by atoms with Crippen LogP contribution in [0.3, 0.4) is 0 Å². The molecule has 3 N–H and O–H groups in total. The number of aliphatic hydroxyl groups is 2. The van der Waals surface area contributed by atoms with E-state index in [-0.39, 0.29) is 18.1 Å². The lowest BCUT2D eigenvalue weighted by Crippen LogP contribution is -2.46. The van der Waals surface area contributed by atoms with E-state index in [0.717, 1.165) is 11.1 Å². The molecule has 0 aromatic rings. The van der Waals surface area contributed by atoms with E-state index < -0.39 is 24.5 Å². The zero-order valence-corrected chi connectivity index (χ0v) is 10.5. The number of hydrogen-bond acceptors (Lipinski definition) is 5. The molecule has 0 bridgehead atoms. The number of allylic oxidation sites excluding steroid dienone is 1. The van der Waals surface area contributed by atoms with Gasteiger partial charge in [0, 0.05) is 19.7 Å². The summed E-state index contributed by atoms with van der Waals surface area (Å²) >= 11 is 5.54. The third-order valence-corrected chi connectivity index (χ3v) is 2.65. The Hall–Kier alpha value is -1.15. The molecule has 0 aromatic heterocycles. The van der Waals surface area contributed by atoms with Gasteiger partial charge in [-0.2, -0.15) is 0 Å². The number of carbonyl (C=O) groups excluding carboxylic acids is 2. The monoisotopic (exact) mass is 278 g/mol. The molecule has 2 amide bonds. The van der Waals surface area contributed by atoms with Crippen molar-refractivity contribution in [2.45, 2.75) is 24.9 Å². The maximum atomic E-state index is 11.6. The van der Waals surface area contributed by atoms with Crippen molar-refractivity contribution >= 4 is 23.9 Å². The van der Waals surface area contributed by atoms with Crippen molar-refractivity contribution in [1.29, 1.82) is 0 Å². The Morgan fingerprint density at radius 3 is 2.78 bits per heavy atom. The number of amides is 2. The molecule has 1 fully saturated rings. The fourth-order valence-corrected chi connectivity index (χ4v) is 1.74. The number of aliphatic hydroxyl groups excluding tert-OH is 2. The van der Waals surface area contributed by atoms with Gasteiger partial charge in [-0.1, -0.05) is 11.6 Å². The number of urea groups is 1. The molecular formula is C10H15ClN2O5. The summed E-state index contributed by atoms with van der Waals surface area (Å²) in [4.78, 5) is 23.1. The van der Waals surface area contributed by atoms with Gasteiger partial charge < -0.3 is 20.3 Å². The van der Waals surface area contributed by atoms with Gasteiger partial charge in [-0.05, 0) is 0 Å². The standard InChI is InChI=1S/C10H15ClN2O5/c1-12-10(17)13(3-6(11)4-14)9-8(16)2-7(5-15)18-9/h3-4,7-9,15-16H,2,5H2,1H3,(H,12,17)/b6-3+. The highest BCUT2D eigenvalue weighted by molar-refractivity contribution is 6.38. The number of aldehydes is 1. The van der Waals surface area contributed by atoms with E-state index in [0.29, 0.717) is 6.29 Å². The predicted molar refractivity (Wildman–Crippen MR) is 62.7 cm³/mol. The first-order valence-electron chi connectivity index (χ1n) is 5.30. The molecule has 3 unspecified atom stereocenters. The lowest BCUT2D eigenvalue weighted by molar-refractivity contribution is -0.104. The third-order valence-electron chi connectivity index (χ3n) is 2.47. The van der Waals surface area contributed by atoms with Crippen LogP contribution in [0.2, 0.25) is 0 Å². The van der Waals surface area contributed by atoms with Crippen molar-refractivity contribution in [3.05, 3.63) is 11.2 Å². The first kappa shape index (κ1) is 14.9. The van der Waals surface area contributed by atoms with Gasteiger partial charge in [0.2, 0.25) is 0 Å². The van der Waals surface area contributed by atoms with Gasteiger partial charge in [-0.15, -0.1) is 0 Å². The van der Waals surface area contributed by atoms with Crippen LogP contribution in [-0.2, 0) is 9.53 Å². The van der Waals surface area contributed by atoms with Gasteiger partial charge in [0.05, 0.1) is 17.7 Å². The summed E-state index contributed by atoms with van der Waals surface area (Å²) in [5.41, 5.74) is 0. The van der Waals surface area contributed by atoms with Crippen LogP contribution < -0.4 is 5.32 Å². The number of rotatable bonds is 4. The first-order valence-corrected chi connectivity index (χ1v) is 5.68. The maximum Gasteiger partial charge on any atom is 0.323 e. The van der Waals surface area contributed by atoms with Crippen molar-refractivity contribution in [3.8, 4) is 0 Å². The molecule has 0 radical (unpaired) electrons. The van der Waals surface area contributed by atoms with Crippen LogP contribution in [-0.4, -0.2) is 59.5 Å². The smallest absolute Gasteiger partial charge is 0.323 e. The summed E-state index contributed by atoms with van der Waals surface area (Å²) in [5.74, 6) is 0. The van der Waals surface area contributed by atoms with Crippen LogP contribution in [0.5, 0.6) is 0 Å². The fraction of sp³-hybridized carbons (Fsp3) is 0.600. The molecule has 102 valence electrons. The van der Waals surface area contributed by atoms with Crippen molar-refractivity contribution in [2.75, 3.05) is 13.7 Å². The maximum absolute atomic E-state index is 11.6. The molecule has 1 aliphatic rings. The Bertz CT molecular complexity index is 349. The summed E-state index contributed by atoms with van der Waals surface area (Å²) in [6, 6.07) is -0.586. The Labute approximate surface area is 109 Å². The van der Waals surface area contributed by atoms with Gasteiger partial charge in [-0.3, -0.25) is 9.69 Å². The second-order valence-electron chi connectivity index (χ2n) is 3.73. The molecular weight excluding hydrogens is 264 g/mol. The predicted octanol–water partition coefficient (Wildman–Crippen LogP) is -0.625. The van der Waals surface area contributed by atoms with Crippen LogP contribution >= 0.6 is 11.6 Å². The van der Waals surface area contributed by atoms with Crippen LogP contribution in [0, 0.1) is 0 Å². The minimum absolute atomic E-state index is 0.196. The van der Waals surface area contributed by atoms with E-state index in [1.165, 1.54) is 7.05 Å². The van der Waals surface area contributed by atoms with E-state index in [1.54, 1.807) is 0 Å². The number of nitrogens with one attached hydrogen (secondary N) is 1. The minimum Gasteiger partial charge on any atom is -0.394 e. The quantitative estimate of drug-likeness (QED) is 0.470. The topological polar surface area (TPSA) is 99.1 Å². The van der Waals surface area contributed by atoms with Crippen molar-refractivity contribution in [2.24, 2.45) is 0 Å². The van der Waals surface area contributed by atoms with Gasteiger partial charge in [0.25, 0.3) is 0 Å². The van der Waals surface area contributed by atoms with Crippen molar-refractivity contribution in [1.82, 2.24) is 10.2 Å². The fourth-order valence-electron chi connectivity index (χ4n) is 1.64. The molecule has 1 heterocycles. The summed E-state index contributed by atoms with van der Waals surface area (Å²) < 4.78 is 5.30. The highest BCUT2D eigenvalue weighted by Gasteiger charge is 2.39. The summed E-state index contributed by atoms with van der Waals surface area (Å²) in [6.07, 6.45) is -0.881. The molecule has 1 aliphatic heterocycles. The van der Waals surface area contributed by atoms with E-state index in [1.807, 2.05) is 0 Å². The molecule has 18 heavy (non-hydrogen) atoms. The first-order chi connectivity index (χ1) is 8.53. The highest BCUT2D eigenvalue weighted by Crippen LogP contribution is 2.24. The Balaban J connectivity index is 2.90. The van der Waals surface area contributed by atoms with Gasteiger partial charge >= 0.3 is 6.03 Å². The van der Waals surface area contributed by atoms with E-state index in [9.17, 15) is 14.7 Å². The number of carbonyl (C=O) groups is 2. The van der Waals surface area contributed by atoms with E-state index >= 15 is 0 Å². The number of halogens is 1. The van der Waals surface area contributed by atoms with Gasteiger partial charge in [0.1, 0.15) is 6.10 Å². The molecule has 0 saturated carbocycles. The van der Waals surface area contributed by atoms with Crippen molar-refractivity contribution in [3.63, 3.8) is 0 Å². The van der Waals surface area contributed by atoms with E-state index in [2.05, 4.69) is 5.32 Å². The van der Waals surface area contributed by atoms with Crippen LogP contribution in [0.1, 0.15) is 6.42 Å². The minimum atomic E-state index is -0.990. The number of hydrogen-bond donors (Lipinski definition) is 3. The average molecular weight is 279 g/mol. The number of nitrogens with zero attached hydrogens (tertiary/aromatic N) is 1. The molecule has 0 aliphatic carbocycles. The number of ether oxygens (including phenoxy) is 1. The molecule has 1 saturated heterocycles. The van der Waals surface area contributed by atoms with Crippen molar-refractivity contribution < 1.29 is 24.5 Å². The average Bonchev–Trinajstić information content (AvgIpc) is 2.75. The zero-order chi connectivity index (χ0) is 13.7. The summed E-state index contributed by atoms with van der Waals surface area (Å²) in [6.45, 7) is -0.264. The summed E-state index contributed by atoms with van der Waals surface area (Å²) in [5, 5.41) is 20.9. The second-order valence-corrected chi connectivity index (χ2v) is 4.16. The largest absolute Gasteiger partial charge is 0.394 e. The molecule has 8 heteroatoms. The van der Waals surface area contributed by atoms with Gasteiger partial charge in [-0.25, -0.2) is 4.79 Å². The lowest BCUT2D eigenvalue weighted by Gasteiger charge is -2.26. The molecule has 7 nitrogen and oxygen atoms in total. The molecule has 3 atom stereocenters. The summed E-state index contributed by atoms with van der Waals surface area (Å²) in [7, 11) is 1.39. The van der Waals surface area contributed by atoms with Gasteiger partial charge in [0.15, 0.2) is 12.5 Å². The Kier molecular flexibility index (Phi) is 5.54. The molecule has 0 aromatic carbocycles. The highest BCUT2D eigenvalue weighted by atomic mass is 35.5. The van der Waals surface area contributed by atoms with Crippen LogP contribution in [0.15, 0.2) is 11.2 Å². The normalized spacial score (nSPS) is 28.0. The second kappa shape index (κ2) is 6.69. The zero-order valence-electron chi connectivity index (χ0n) is 9.75. The molecule has 1 rings (SSSR count). The van der Waals surface area contributed by atoms with Crippen LogP contribution in [0.4, 0.5) is 4.79 Å². The lowest BCUT2D eigenvalue weighted by atomic mass is 10.2. The molecule has 0 spiro atoms. The Morgan fingerprint density at radius 1 is 1.67 bits per heavy atom.